The predicted octanol–water partition coefficient (Wildman–Crippen LogP) is 2.70. The maximum absolute atomic E-state index is 11.0. The van der Waals surface area contributed by atoms with E-state index in [1.54, 1.807) is 4.68 Å². The number of carbonyl (C=O) groups is 1. The van der Waals surface area contributed by atoms with Crippen LogP contribution in [0.15, 0.2) is 28.7 Å². The van der Waals surface area contributed by atoms with E-state index in [1.165, 1.54) is 0 Å². The molecular weight excluding hydrogens is 336 g/mol. The molecule has 0 amide bonds. The molecule has 0 spiro atoms. The molecule has 0 aliphatic carbocycles. The molecule has 1 N–H and O–H groups in total. The van der Waals surface area contributed by atoms with Gasteiger partial charge in [0.15, 0.2) is 5.82 Å². The Morgan fingerprint density at radius 1 is 1.33 bits per heavy atom. The number of nitrogens with zero attached hydrogens (tertiary/aromatic N) is 4. The number of benzene rings is 1. The van der Waals surface area contributed by atoms with Crippen LogP contribution in [0.5, 0.6) is 0 Å². The fourth-order valence-corrected chi connectivity index (χ4v) is 2.42. The van der Waals surface area contributed by atoms with Crippen LogP contribution in [-0.2, 0) is 11.2 Å². The van der Waals surface area contributed by atoms with E-state index in [0.717, 1.165) is 10.0 Å². The third kappa shape index (κ3) is 4.10. The fraction of sp³-hybridized carbons (Fsp3) is 0.429. The average molecular weight is 353 g/mol. The van der Waals surface area contributed by atoms with Gasteiger partial charge >= 0.3 is 5.97 Å². The minimum Gasteiger partial charge on any atom is -0.481 e. The second kappa shape index (κ2) is 6.80. The molecule has 0 fully saturated rings. The summed E-state index contributed by atoms with van der Waals surface area (Å²) in [6.45, 7) is 3.94. The molecule has 112 valence electrons. The van der Waals surface area contributed by atoms with E-state index in [-0.39, 0.29) is 18.4 Å². The van der Waals surface area contributed by atoms with Gasteiger partial charge in [-0.3, -0.25) is 4.79 Å². The molecule has 0 aliphatic heterocycles. The number of halogens is 1. The highest BCUT2D eigenvalue weighted by molar-refractivity contribution is 9.10. The first kappa shape index (κ1) is 15.6. The van der Waals surface area contributed by atoms with Crippen LogP contribution in [0.4, 0.5) is 0 Å². The lowest BCUT2D eigenvalue weighted by Gasteiger charge is -2.20. The average Bonchev–Trinajstić information content (AvgIpc) is 2.86. The van der Waals surface area contributed by atoms with Gasteiger partial charge in [0.1, 0.15) is 0 Å². The summed E-state index contributed by atoms with van der Waals surface area (Å²) >= 11 is 3.40. The lowest BCUT2D eigenvalue weighted by atomic mass is 10.0. The Kier molecular flexibility index (Phi) is 5.06. The van der Waals surface area contributed by atoms with Gasteiger partial charge in [-0.05, 0) is 34.0 Å². The topological polar surface area (TPSA) is 80.9 Å². The van der Waals surface area contributed by atoms with Crippen LogP contribution in [0, 0.1) is 5.92 Å². The zero-order chi connectivity index (χ0) is 15.4. The summed E-state index contributed by atoms with van der Waals surface area (Å²) in [5.41, 5.74) is 1.08. The van der Waals surface area contributed by atoms with E-state index in [1.807, 2.05) is 38.1 Å². The molecule has 1 atom stereocenters. The molecule has 1 unspecified atom stereocenters. The van der Waals surface area contributed by atoms with Gasteiger partial charge in [0.2, 0.25) is 0 Å². The lowest BCUT2D eigenvalue weighted by Crippen LogP contribution is -2.22. The number of carboxylic acids is 1. The number of tetrazole rings is 1. The number of carboxylic acid groups (broad SMARTS) is 1. The Hall–Kier alpha value is -1.76. The Balaban J connectivity index is 2.24. The van der Waals surface area contributed by atoms with Crippen molar-refractivity contribution in [3.8, 4) is 0 Å². The standard InChI is InChI=1S/C14H17BrN4O2/c1-9(2)12(8-14(20)21)19-13(16-17-18-19)7-10-3-5-11(15)6-4-10/h3-6,9,12H,7-8H2,1-2H3,(H,20,21). The highest BCUT2D eigenvalue weighted by Crippen LogP contribution is 2.23. The second-order valence-electron chi connectivity index (χ2n) is 5.25. The number of rotatable bonds is 6. The Morgan fingerprint density at radius 2 is 2.00 bits per heavy atom. The fourth-order valence-electron chi connectivity index (χ4n) is 2.15. The molecule has 1 aromatic carbocycles. The molecule has 0 saturated heterocycles. The summed E-state index contributed by atoms with van der Waals surface area (Å²) in [5.74, 6) is -0.0377. The highest BCUT2D eigenvalue weighted by Gasteiger charge is 2.23. The zero-order valence-electron chi connectivity index (χ0n) is 11.9. The summed E-state index contributed by atoms with van der Waals surface area (Å²) in [6, 6.07) is 7.65. The first-order valence-corrected chi connectivity index (χ1v) is 7.49. The molecule has 0 radical (unpaired) electrons. The summed E-state index contributed by atoms with van der Waals surface area (Å²) < 4.78 is 2.65. The van der Waals surface area contributed by atoms with Crippen molar-refractivity contribution >= 4 is 21.9 Å². The van der Waals surface area contributed by atoms with Crippen LogP contribution >= 0.6 is 15.9 Å². The van der Waals surface area contributed by atoms with Gasteiger partial charge in [-0.2, -0.15) is 0 Å². The van der Waals surface area contributed by atoms with Gasteiger partial charge in [-0.25, -0.2) is 4.68 Å². The molecule has 7 heteroatoms. The van der Waals surface area contributed by atoms with Crippen LogP contribution in [-0.4, -0.2) is 31.3 Å². The Labute approximate surface area is 131 Å². The molecule has 2 aromatic rings. The van der Waals surface area contributed by atoms with Crippen molar-refractivity contribution in [2.24, 2.45) is 5.92 Å². The van der Waals surface area contributed by atoms with Gasteiger partial charge in [0.25, 0.3) is 0 Å². The smallest absolute Gasteiger partial charge is 0.305 e. The van der Waals surface area contributed by atoms with Crippen molar-refractivity contribution in [2.75, 3.05) is 0 Å². The van der Waals surface area contributed by atoms with E-state index in [9.17, 15) is 4.79 Å². The van der Waals surface area contributed by atoms with E-state index >= 15 is 0 Å². The number of aliphatic carboxylic acids is 1. The summed E-state index contributed by atoms with van der Waals surface area (Å²) in [6.07, 6.45) is 0.583. The van der Waals surface area contributed by atoms with Crippen molar-refractivity contribution in [1.82, 2.24) is 20.2 Å². The minimum atomic E-state index is -0.848. The van der Waals surface area contributed by atoms with Gasteiger partial charge < -0.3 is 5.11 Å². The maximum Gasteiger partial charge on any atom is 0.305 e. The Morgan fingerprint density at radius 3 is 2.57 bits per heavy atom. The first-order valence-electron chi connectivity index (χ1n) is 6.70. The second-order valence-corrected chi connectivity index (χ2v) is 6.17. The molecule has 0 saturated carbocycles. The molecule has 2 rings (SSSR count). The largest absolute Gasteiger partial charge is 0.481 e. The van der Waals surface area contributed by atoms with Gasteiger partial charge in [0, 0.05) is 10.9 Å². The van der Waals surface area contributed by atoms with E-state index < -0.39 is 5.97 Å². The zero-order valence-corrected chi connectivity index (χ0v) is 13.5. The molecule has 1 aromatic heterocycles. The van der Waals surface area contributed by atoms with Crippen LogP contribution in [0.25, 0.3) is 0 Å². The predicted molar refractivity (Wildman–Crippen MR) is 80.9 cm³/mol. The van der Waals surface area contributed by atoms with Crippen molar-refractivity contribution in [1.29, 1.82) is 0 Å². The SMILES string of the molecule is CC(C)C(CC(=O)O)n1nnnc1Cc1ccc(Br)cc1. The molecule has 21 heavy (non-hydrogen) atoms. The molecule has 0 aliphatic rings. The monoisotopic (exact) mass is 352 g/mol. The summed E-state index contributed by atoms with van der Waals surface area (Å²) in [7, 11) is 0. The normalized spacial score (nSPS) is 12.6. The molecule has 0 bridgehead atoms. The third-order valence-electron chi connectivity index (χ3n) is 3.30. The van der Waals surface area contributed by atoms with Crippen molar-refractivity contribution in [2.45, 2.75) is 32.7 Å². The number of hydrogen-bond acceptors (Lipinski definition) is 4. The van der Waals surface area contributed by atoms with Crippen LogP contribution in [0.2, 0.25) is 0 Å². The summed E-state index contributed by atoms with van der Waals surface area (Å²) in [4.78, 5) is 11.0. The van der Waals surface area contributed by atoms with Gasteiger partial charge in [-0.15, -0.1) is 5.10 Å². The van der Waals surface area contributed by atoms with Crippen LogP contribution in [0.3, 0.4) is 0 Å². The quantitative estimate of drug-likeness (QED) is 0.864. The lowest BCUT2D eigenvalue weighted by molar-refractivity contribution is -0.138. The van der Waals surface area contributed by atoms with Crippen LogP contribution in [0.1, 0.15) is 37.7 Å². The van der Waals surface area contributed by atoms with Crippen molar-refractivity contribution in [3.05, 3.63) is 40.1 Å². The van der Waals surface area contributed by atoms with Crippen molar-refractivity contribution in [3.63, 3.8) is 0 Å². The first-order chi connectivity index (χ1) is 9.97. The third-order valence-corrected chi connectivity index (χ3v) is 3.83. The molecular formula is C14H17BrN4O2. The minimum absolute atomic E-state index is 0.00996. The highest BCUT2D eigenvalue weighted by atomic mass is 79.9. The maximum atomic E-state index is 11.0. The molecule has 1 heterocycles. The van der Waals surface area contributed by atoms with E-state index in [0.29, 0.717) is 12.2 Å². The van der Waals surface area contributed by atoms with Gasteiger partial charge in [0.05, 0.1) is 12.5 Å². The van der Waals surface area contributed by atoms with Crippen LogP contribution < -0.4 is 0 Å². The van der Waals surface area contributed by atoms with Gasteiger partial charge in [-0.1, -0.05) is 41.9 Å². The molecule has 6 nitrogen and oxygen atoms in total. The number of hydrogen-bond donors (Lipinski definition) is 1. The summed E-state index contributed by atoms with van der Waals surface area (Å²) in [5, 5.41) is 20.8. The van der Waals surface area contributed by atoms with E-state index in [4.69, 9.17) is 5.11 Å². The van der Waals surface area contributed by atoms with Crippen molar-refractivity contribution < 1.29 is 9.90 Å². The Bertz CT molecular complexity index is 610. The van der Waals surface area contributed by atoms with E-state index in [2.05, 4.69) is 31.5 Å². The number of aromatic nitrogens is 4.